The molecule has 160 valence electrons. The number of rotatable bonds is 10. The number of hydrogen-bond donors (Lipinski definition) is 0. The lowest BCUT2D eigenvalue weighted by Gasteiger charge is -2.25. The van der Waals surface area contributed by atoms with Crippen molar-refractivity contribution in [3.63, 3.8) is 0 Å². The molecule has 0 saturated carbocycles. The fourth-order valence-corrected chi connectivity index (χ4v) is 3.57. The summed E-state index contributed by atoms with van der Waals surface area (Å²) in [6.45, 7) is 6.83. The maximum absolute atomic E-state index is 12.9. The van der Waals surface area contributed by atoms with E-state index in [1.807, 2.05) is 13.0 Å². The smallest absolute Gasteiger partial charge is 0.248 e. The molecule has 0 N–H and O–H groups in total. The summed E-state index contributed by atoms with van der Waals surface area (Å²) < 4.78 is 0. The highest BCUT2D eigenvalue weighted by molar-refractivity contribution is 6.31. The van der Waals surface area contributed by atoms with Gasteiger partial charge in [0.1, 0.15) is 13.2 Å². The lowest BCUT2D eigenvalue weighted by Crippen LogP contribution is -2.43. The predicted octanol–water partition coefficient (Wildman–Crippen LogP) is 3.99. The van der Waals surface area contributed by atoms with Crippen molar-refractivity contribution in [3.8, 4) is 0 Å². The molecule has 0 bridgehead atoms. The van der Waals surface area contributed by atoms with Gasteiger partial charge in [0, 0.05) is 23.7 Å². The molecule has 1 aromatic carbocycles. The highest BCUT2D eigenvalue weighted by Gasteiger charge is 2.33. The Morgan fingerprint density at radius 1 is 1.14 bits per heavy atom. The van der Waals surface area contributed by atoms with E-state index in [2.05, 4.69) is 13.8 Å². The third-order valence-electron chi connectivity index (χ3n) is 5.28. The van der Waals surface area contributed by atoms with Crippen molar-refractivity contribution < 1.29 is 14.4 Å². The minimum Gasteiger partial charge on any atom is -0.333 e. The van der Waals surface area contributed by atoms with Crippen molar-refractivity contribution in [2.75, 3.05) is 31.2 Å². The van der Waals surface area contributed by atoms with Crippen LogP contribution < -0.4 is 4.90 Å². The SMILES string of the molecule is CCCCCC(=O)N(CCCC)CC(=O)N1CC(=O)N(c2cccc(Cl)c2C)C1. The second-order valence-electron chi connectivity index (χ2n) is 7.56. The van der Waals surface area contributed by atoms with Crippen molar-refractivity contribution in [2.45, 2.75) is 59.3 Å². The number of carbonyl (C=O) groups excluding carboxylic acids is 3. The molecule has 0 atom stereocenters. The van der Waals surface area contributed by atoms with E-state index in [0.717, 1.165) is 43.4 Å². The molecule has 1 aliphatic rings. The van der Waals surface area contributed by atoms with Crippen LogP contribution in [0.15, 0.2) is 18.2 Å². The van der Waals surface area contributed by atoms with E-state index in [1.165, 1.54) is 4.90 Å². The molecule has 2 rings (SSSR count). The van der Waals surface area contributed by atoms with Gasteiger partial charge in [-0.1, -0.05) is 50.8 Å². The standard InChI is InChI=1S/C22H32ClN3O3/c1-4-6-8-12-20(27)24(13-7-5-2)14-21(28)25-15-22(29)26(16-25)19-11-9-10-18(23)17(19)3/h9-11H,4-8,12-16H2,1-3H3. The zero-order valence-electron chi connectivity index (χ0n) is 17.7. The van der Waals surface area contributed by atoms with E-state index in [4.69, 9.17) is 11.6 Å². The predicted molar refractivity (Wildman–Crippen MR) is 116 cm³/mol. The first-order valence-corrected chi connectivity index (χ1v) is 10.9. The highest BCUT2D eigenvalue weighted by Crippen LogP contribution is 2.28. The van der Waals surface area contributed by atoms with Crippen LogP contribution in [0.2, 0.25) is 5.02 Å². The quantitative estimate of drug-likeness (QED) is 0.536. The Hall–Kier alpha value is -2.08. The molecule has 1 heterocycles. The van der Waals surface area contributed by atoms with Gasteiger partial charge in [0.15, 0.2) is 0 Å². The summed E-state index contributed by atoms with van der Waals surface area (Å²) in [6.07, 6.45) is 5.19. The molecule has 6 nitrogen and oxygen atoms in total. The second kappa shape index (κ2) is 11.2. The molecule has 0 unspecified atom stereocenters. The summed E-state index contributed by atoms with van der Waals surface area (Å²) in [4.78, 5) is 42.7. The number of nitrogens with zero attached hydrogens (tertiary/aromatic N) is 3. The Kier molecular flexibility index (Phi) is 8.96. The zero-order valence-corrected chi connectivity index (χ0v) is 18.5. The van der Waals surface area contributed by atoms with Crippen molar-refractivity contribution in [1.82, 2.24) is 9.80 Å². The molecular formula is C22H32ClN3O3. The summed E-state index contributed by atoms with van der Waals surface area (Å²) >= 11 is 6.18. The molecule has 1 saturated heterocycles. The van der Waals surface area contributed by atoms with E-state index in [0.29, 0.717) is 18.0 Å². The summed E-state index contributed by atoms with van der Waals surface area (Å²) in [5.74, 6) is -0.313. The van der Waals surface area contributed by atoms with E-state index in [9.17, 15) is 14.4 Å². The Labute approximate surface area is 178 Å². The first kappa shape index (κ1) is 23.2. The summed E-state index contributed by atoms with van der Waals surface area (Å²) in [6, 6.07) is 5.40. The monoisotopic (exact) mass is 421 g/mol. The van der Waals surface area contributed by atoms with Gasteiger partial charge in [-0.15, -0.1) is 0 Å². The Morgan fingerprint density at radius 3 is 2.55 bits per heavy atom. The van der Waals surface area contributed by atoms with Crippen LogP contribution in [0.1, 0.15) is 57.9 Å². The van der Waals surface area contributed by atoms with Crippen LogP contribution >= 0.6 is 11.6 Å². The molecule has 29 heavy (non-hydrogen) atoms. The van der Waals surface area contributed by atoms with Gasteiger partial charge in [-0.3, -0.25) is 19.3 Å². The number of halogens is 1. The molecule has 3 amide bonds. The molecule has 0 spiro atoms. The normalized spacial score (nSPS) is 13.9. The molecule has 1 aromatic rings. The minimum absolute atomic E-state index is 0.0216. The Balaban J connectivity index is 2.03. The second-order valence-corrected chi connectivity index (χ2v) is 7.97. The average Bonchev–Trinajstić information content (AvgIpc) is 3.08. The molecule has 0 aliphatic carbocycles. The number of amides is 3. The lowest BCUT2D eigenvalue weighted by molar-refractivity contribution is -0.140. The topological polar surface area (TPSA) is 60.9 Å². The van der Waals surface area contributed by atoms with Crippen LogP contribution in [0.5, 0.6) is 0 Å². The Morgan fingerprint density at radius 2 is 1.86 bits per heavy atom. The van der Waals surface area contributed by atoms with Gasteiger partial charge in [-0.05, 0) is 37.5 Å². The van der Waals surface area contributed by atoms with Gasteiger partial charge in [-0.2, -0.15) is 0 Å². The first-order chi connectivity index (χ1) is 13.9. The molecule has 0 radical (unpaired) electrons. The number of hydrogen-bond acceptors (Lipinski definition) is 3. The van der Waals surface area contributed by atoms with Crippen molar-refractivity contribution in [3.05, 3.63) is 28.8 Å². The average molecular weight is 422 g/mol. The van der Waals surface area contributed by atoms with Gasteiger partial charge >= 0.3 is 0 Å². The van der Waals surface area contributed by atoms with Gasteiger partial charge in [0.2, 0.25) is 17.7 Å². The number of unbranched alkanes of at least 4 members (excludes halogenated alkanes) is 3. The van der Waals surface area contributed by atoms with Crippen LogP contribution in [0, 0.1) is 6.92 Å². The van der Waals surface area contributed by atoms with Crippen LogP contribution in [-0.2, 0) is 14.4 Å². The maximum Gasteiger partial charge on any atom is 0.248 e. The zero-order chi connectivity index (χ0) is 21.4. The number of carbonyl (C=O) groups is 3. The Bertz CT molecular complexity index is 738. The molecule has 1 aliphatic heterocycles. The maximum atomic E-state index is 12.9. The first-order valence-electron chi connectivity index (χ1n) is 10.5. The summed E-state index contributed by atoms with van der Waals surface area (Å²) in [7, 11) is 0. The molecule has 1 fully saturated rings. The van der Waals surface area contributed by atoms with Crippen LogP contribution in [0.3, 0.4) is 0 Å². The lowest BCUT2D eigenvalue weighted by atomic mass is 10.2. The minimum atomic E-state index is -0.194. The molecule has 0 aromatic heterocycles. The fraction of sp³-hybridized carbons (Fsp3) is 0.591. The van der Waals surface area contributed by atoms with E-state index in [1.54, 1.807) is 21.9 Å². The summed E-state index contributed by atoms with van der Waals surface area (Å²) in [5.41, 5.74) is 1.53. The van der Waals surface area contributed by atoms with Gasteiger partial charge in [0.25, 0.3) is 0 Å². The third-order valence-corrected chi connectivity index (χ3v) is 5.69. The fourth-order valence-electron chi connectivity index (χ4n) is 3.40. The molecule has 7 heteroatoms. The highest BCUT2D eigenvalue weighted by atomic mass is 35.5. The molecular weight excluding hydrogens is 390 g/mol. The van der Waals surface area contributed by atoms with E-state index in [-0.39, 0.29) is 37.5 Å². The van der Waals surface area contributed by atoms with Crippen molar-refractivity contribution in [2.24, 2.45) is 0 Å². The number of benzene rings is 1. The van der Waals surface area contributed by atoms with Crippen LogP contribution in [0.25, 0.3) is 0 Å². The largest absolute Gasteiger partial charge is 0.333 e. The summed E-state index contributed by atoms with van der Waals surface area (Å²) in [5, 5.41) is 0.587. The number of anilines is 1. The van der Waals surface area contributed by atoms with Gasteiger partial charge in [-0.25, -0.2) is 0 Å². The third kappa shape index (κ3) is 6.20. The van der Waals surface area contributed by atoms with Crippen LogP contribution in [-0.4, -0.2) is 53.8 Å². The van der Waals surface area contributed by atoms with Gasteiger partial charge < -0.3 is 9.80 Å². The van der Waals surface area contributed by atoms with Crippen LogP contribution in [0.4, 0.5) is 5.69 Å². The van der Waals surface area contributed by atoms with Gasteiger partial charge in [0.05, 0.1) is 6.54 Å². The van der Waals surface area contributed by atoms with E-state index >= 15 is 0 Å². The van der Waals surface area contributed by atoms with Crippen molar-refractivity contribution in [1.29, 1.82) is 0 Å². The van der Waals surface area contributed by atoms with E-state index < -0.39 is 0 Å². The van der Waals surface area contributed by atoms with Crippen molar-refractivity contribution >= 4 is 35.0 Å².